The molecule has 0 bridgehead atoms. The summed E-state index contributed by atoms with van der Waals surface area (Å²) < 4.78 is 40.5. The highest BCUT2D eigenvalue weighted by Crippen LogP contribution is 2.27. The van der Waals surface area contributed by atoms with Crippen LogP contribution in [0.3, 0.4) is 0 Å². The number of rotatable bonds is 5. The van der Waals surface area contributed by atoms with Crippen molar-refractivity contribution in [2.24, 2.45) is 17.6 Å². The van der Waals surface area contributed by atoms with E-state index in [0.29, 0.717) is 18.8 Å². The van der Waals surface area contributed by atoms with Crippen molar-refractivity contribution in [1.29, 1.82) is 0 Å². The highest BCUT2D eigenvalue weighted by molar-refractivity contribution is 5.90. The maximum Gasteiger partial charge on any atom is 0.573 e. The van der Waals surface area contributed by atoms with Crippen LogP contribution in [-0.4, -0.2) is 42.8 Å². The topological polar surface area (TPSA) is 75.9 Å². The molecule has 1 heterocycles. The van der Waals surface area contributed by atoms with E-state index in [1.54, 1.807) is 4.90 Å². The summed E-state index contributed by atoms with van der Waals surface area (Å²) in [7, 11) is 0. The van der Waals surface area contributed by atoms with Crippen LogP contribution in [0.15, 0.2) is 24.3 Å². The number of amides is 3. The van der Waals surface area contributed by atoms with Gasteiger partial charge in [-0.1, -0.05) is 13.8 Å². The van der Waals surface area contributed by atoms with Crippen molar-refractivity contribution in [3.8, 4) is 5.75 Å². The molecule has 0 spiro atoms. The molecule has 1 fully saturated rings. The number of hydrogen-bond donors (Lipinski definition) is 1. The van der Waals surface area contributed by atoms with E-state index in [1.165, 1.54) is 17.0 Å². The van der Waals surface area contributed by atoms with E-state index in [1.807, 2.05) is 13.8 Å². The van der Waals surface area contributed by atoms with Crippen molar-refractivity contribution >= 4 is 17.6 Å². The second-order valence-corrected chi connectivity index (χ2v) is 6.58. The highest BCUT2D eigenvalue weighted by Gasteiger charge is 2.32. The van der Waals surface area contributed by atoms with Crippen LogP contribution in [0.25, 0.3) is 0 Å². The second kappa shape index (κ2) is 7.84. The van der Waals surface area contributed by atoms with Crippen LogP contribution in [0.4, 0.5) is 23.7 Å². The third-order valence-corrected chi connectivity index (χ3v) is 4.18. The zero-order chi connectivity index (χ0) is 19.5. The fraction of sp³-hybridized carbons (Fsp3) is 0.529. The quantitative estimate of drug-likeness (QED) is 0.862. The second-order valence-electron chi connectivity index (χ2n) is 6.58. The van der Waals surface area contributed by atoms with Gasteiger partial charge in [-0.05, 0) is 36.6 Å². The molecule has 1 atom stereocenters. The minimum atomic E-state index is -4.78. The molecule has 1 aliphatic rings. The third-order valence-electron chi connectivity index (χ3n) is 4.18. The maximum atomic E-state index is 12.2. The number of primary amides is 1. The molecular formula is C17H22F3N3O3. The van der Waals surface area contributed by atoms with Crippen LogP contribution in [0.2, 0.25) is 0 Å². The number of carbonyl (C=O) groups is 2. The molecule has 1 aromatic rings. The van der Waals surface area contributed by atoms with E-state index < -0.39 is 12.4 Å². The van der Waals surface area contributed by atoms with Gasteiger partial charge >= 0.3 is 12.4 Å². The number of ether oxygens (including phenoxy) is 1. The number of nitrogens with zero attached hydrogens (tertiary/aromatic N) is 2. The summed E-state index contributed by atoms with van der Waals surface area (Å²) in [5.74, 6) is -0.356. The van der Waals surface area contributed by atoms with Gasteiger partial charge in [0.2, 0.25) is 5.91 Å². The molecule has 1 saturated heterocycles. The fourth-order valence-electron chi connectivity index (χ4n) is 2.96. The van der Waals surface area contributed by atoms with Crippen molar-refractivity contribution in [1.82, 2.24) is 4.90 Å². The summed E-state index contributed by atoms with van der Waals surface area (Å²) in [5.41, 5.74) is 5.80. The SMILES string of the molecule is CC(C)C(=O)N1CCC(CN(C(N)=O)c2ccc(OC(F)(F)F)cc2)C1. The Kier molecular flexibility index (Phi) is 5.99. The molecular weight excluding hydrogens is 351 g/mol. The molecule has 0 saturated carbocycles. The van der Waals surface area contributed by atoms with Crippen LogP contribution >= 0.6 is 0 Å². The lowest BCUT2D eigenvalue weighted by molar-refractivity contribution is -0.274. The lowest BCUT2D eigenvalue weighted by Gasteiger charge is -2.25. The van der Waals surface area contributed by atoms with Gasteiger partial charge in [-0.25, -0.2) is 4.79 Å². The smallest absolute Gasteiger partial charge is 0.406 e. The molecule has 1 aliphatic heterocycles. The van der Waals surface area contributed by atoms with Crippen LogP contribution < -0.4 is 15.4 Å². The largest absolute Gasteiger partial charge is 0.573 e. The summed E-state index contributed by atoms with van der Waals surface area (Å²) >= 11 is 0. The predicted octanol–water partition coefficient (Wildman–Crippen LogP) is 2.97. The van der Waals surface area contributed by atoms with Gasteiger partial charge in [0.05, 0.1) is 0 Å². The summed E-state index contributed by atoms with van der Waals surface area (Å²) in [6.45, 7) is 5.09. The lowest BCUT2D eigenvalue weighted by Crippen LogP contribution is -2.40. The van der Waals surface area contributed by atoms with Gasteiger partial charge in [0.1, 0.15) is 5.75 Å². The van der Waals surface area contributed by atoms with E-state index in [2.05, 4.69) is 4.74 Å². The summed E-state index contributed by atoms with van der Waals surface area (Å²) in [5, 5.41) is 0. The highest BCUT2D eigenvalue weighted by atomic mass is 19.4. The zero-order valence-corrected chi connectivity index (χ0v) is 14.6. The van der Waals surface area contributed by atoms with Crippen LogP contribution in [-0.2, 0) is 4.79 Å². The average Bonchev–Trinajstić information content (AvgIpc) is 2.99. The molecule has 6 nitrogen and oxygen atoms in total. The van der Waals surface area contributed by atoms with Crippen molar-refractivity contribution < 1.29 is 27.5 Å². The van der Waals surface area contributed by atoms with Crippen molar-refractivity contribution in [2.45, 2.75) is 26.6 Å². The first-order valence-electron chi connectivity index (χ1n) is 8.28. The average molecular weight is 373 g/mol. The molecule has 0 radical (unpaired) electrons. The van der Waals surface area contributed by atoms with Gasteiger partial charge in [-0.15, -0.1) is 13.2 Å². The van der Waals surface area contributed by atoms with Crippen molar-refractivity contribution in [2.75, 3.05) is 24.5 Å². The molecule has 3 amide bonds. The van der Waals surface area contributed by atoms with Gasteiger partial charge in [0, 0.05) is 31.2 Å². The monoisotopic (exact) mass is 373 g/mol. The molecule has 2 rings (SSSR count). The van der Waals surface area contributed by atoms with Gasteiger partial charge in [-0.2, -0.15) is 0 Å². The fourth-order valence-corrected chi connectivity index (χ4v) is 2.96. The summed E-state index contributed by atoms with van der Waals surface area (Å²) in [4.78, 5) is 26.9. The number of benzene rings is 1. The molecule has 1 aromatic carbocycles. The van der Waals surface area contributed by atoms with Gasteiger partial charge in [0.15, 0.2) is 0 Å². The number of halogens is 3. The first kappa shape index (κ1) is 19.9. The minimum Gasteiger partial charge on any atom is -0.406 e. The Bertz CT molecular complexity index is 647. The maximum absolute atomic E-state index is 12.2. The first-order valence-corrected chi connectivity index (χ1v) is 8.28. The van der Waals surface area contributed by atoms with Gasteiger partial charge in [-0.3, -0.25) is 9.69 Å². The molecule has 144 valence electrons. The van der Waals surface area contributed by atoms with E-state index >= 15 is 0 Å². The number of nitrogens with two attached hydrogens (primary N) is 1. The van der Waals surface area contributed by atoms with E-state index in [-0.39, 0.29) is 30.0 Å². The minimum absolute atomic E-state index is 0.0521. The lowest BCUT2D eigenvalue weighted by atomic mass is 10.1. The Morgan fingerprint density at radius 2 is 1.92 bits per heavy atom. The number of anilines is 1. The Hall–Kier alpha value is -2.45. The standard InChI is InChI=1S/C17H22F3N3O3/c1-11(2)15(24)22-8-7-12(9-22)10-23(16(21)25)13-3-5-14(6-4-13)26-17(18,19)20/h3-6,11-12H,7-10H2,1-2H3,(H2,21,25). The zero-order valence-electron chi connectivity index (χ0n) is 14.6. The molecule has 0 aliphatic carbocycles. The summed E-state index contributed by atoms with van der Waals surface area (Å²) in [6, 6.07) is 4.24. The molecule has 1 unspecified atom stereocenters. The van der Waals surface area contributed by atoms with Crippen LogP contribution in [0, 0.1) is 11.8 Å². The number of carbonyl (C=O) groups excluding carboxylic acids is 2. The molecule has 2 N–H and O–H groups in total. The predicted molar refractivity (Wildman–Crippen MR) is 89.6 cm³/mol. The van der Waals surface area contributed by atoms with E-state index in [4.69, 9.17) is 5.73 Å². The van der Waals surface area contributed by atoms with Crippen LogP contribution in [0.5, 0.6) is 5.75 Å². The molecule has 9 heteroatoms. The number of alkyl halides is 3. The Morgan fingerprint density at radius 3 is 2.42 bits per heavy atom. The van der Waals surface area contributed by atoms with Crippen molar-refractivity contribution in [3.05, 3.63) is 24.3 Å². The van der Waals surface area contributed by atoms with Crippen molar-refractivity contribution in [3.63, 3.8) is 0 Å². The normalized spacial score (nSPS) is 17.5. The van der Waals surface area contributed by atoms with E-state index in [9.17, 15) is 22.8 Å². The Morgan fingerprint density at radius 1 is 1.31 bits per heavy atom. The molecule has 26 heavy (non-hydrogen) atoms. The number of likely N-dealkylation sites (tertiary alicyclic amines) is 1. The number of hydrogen-bond acceptors (Lipinski definition) is 3. The van der Waals surface area contributed by atoms with E-state index in [0.717, 1.165) is 18.6 Å². The molecule has 0 aromatic heterocycles. The summed E-state index contributed by atoms with van der Waals surface area (Å²) in [6.07, 6.45) is -4.04. The van der Waals surface area contributed by atoms with Gasteiger partial charge in [0.25, 0.3) is 0 Å². The Labute approximate surface area is 149 Å². The third kappa shape index (κ3) is 5.27. The number of urea groups is 1. The Balaban J connectivity index is 2.03. The van der Waals surface area contributed by atoms with Gasteiger partial charge < -0.3 is 15.4 Å². The van der Waals surface area contributed by atoms with Crippen LogP contribution in [0.1, 0.15) is 20.3 Å². The first-order chi connectivity index (χ1) is 12.1.